The molecule has 20 heavy (non-hydrogen) atoms. The second-order valence-corrected chi connectivity index (χ2v) is 5.35. The maximum atomic E-state index is 13.8. The standard InChI is InChI=1S/C17H28FNO/c1-5-8-15(19-11-6-2)16(7-3)20-17-12-13(4)9-10-14(17)18/h9-10,12,15-16,19H,5-8,11H2,1-4H3. The summed E-state index contributed by atoms with van der Waals surface area (Å²) in [4.78, 5) is 0. The summed E-state index contributed by atoms with van der Waals surface area (Å²) in [6.07, 6.45) is 4.12. The van der Waals surface area contributed by atoms with Gasteiger partial charge >= 0.3 is 0 Å². The summed E-state index contributed by atoms with van der Waals surface area (Å²) >= 11 is 0. The van der Waals surface area contributed by atoms with E-state index in [4.69, 9.17) is 4.74 Å². The summed E-state index contributed by atoms with van der Waals surface area (Å²) < 4.78 is 19.8. The molecule has 0 fully saturated rings. The van der Waals surface area contributed by atoms with Gasteiger partial charge in [0, 0.05) is 6.04 Å². The van der Waals surface area contributed by atoms with Crippen LogP contribution in [0.25, 0.3) is 0 Å². The predicted octanol–water partition coefficient (Wildman–Crippen LogP) is 4.46. The molecule has 3 heteroatoms. The van der Waals surface area contributed by atoms with E-state index >= 15 is 0 Å². The van der Waals surface area contributed by atoms with Crippen LogP contribution in [0.3, 0.4) is 0 Å². The summed E-state index contributed by atoms with van der Waals surface area (Å²) in [5.41, 5.74) is 1.02. The lowest BCUT2D eigenvalue weighted by atomic mass is 10.0. The molecule has 2 unspecified atom stereocenters. The Balaban J connectivity index is 2.79. The maximum Gasteiger partial charge on any atom is 0.165 e. The molecule has 0 saturated heterocycles. The fourth-order valence-corrected chi connectivity index (χ4v) is 2.37. The Bertz CT molecular complexity index is 395. The molecule has 0 aromatic heterocycles. The molecule has 0 spiro atoms. The van der Waals surface area contributed by atoms with Crippen molar-refractivity contribution in [2.45, 2.75) is 65.5 Å². The highest BCUT2D eigenvalue weighted by Gasteiger charge is 2.21. The molecule has 0 aliphatic heterocycles. The molecule has 0 aliphatic rings. The molecule has 2 atom stereocenters. The van der Waals surface area contributed by atoms with E-state index in [1.165, 1.54) is 6.07 Å². The zero-order valence-electron chi connectivity index (χ0n) is 13.2. The van der Waals surface area contributed by atoms with E-state index < -0.39 is 0 Å². The summed E-state index contributed by atoms with van der Waals surface area (Å²) in [6, 6.07) is 5.30. The van der Waals surface area contributed by atoms with Crippen LogP contribution in [0, 0.1) is 12.7 Å². The monoisotopic (exact) mass is 281 g/mol. The van der Waals surface area contributed by atoms with Gasteiger partial charge in [0.2, 0.25) is 0 Å². The van der Waals surface area contributed by atoms with Gasteiger partial charge in [-0.15, -0.1) is 0 Å². The highest BCUT2D eigenvalue weighted by Crippen LogP contribution is 2.22. The maximum absolute atomic E-state index is 13.8. The predicted molar refractivity (Wildman–Crippen MR) is 82.8 cm³/mol. The Morgan fingerprint density at radius 3 is 2.55 bits per heavy atom. The Hall–Kier alpha value is -1.09. The Kier molecular flexibility index (Phi) is 7.60. The highest BCUT2D eigenvalue weighted by atomic mass is 19.1. The molecular formula is C17H28FNO. The van der Waals surface area contributed by atoms with Crippen molar-refractivity contribution in [1.82, 2.24) is 5.32 Å². The van der Waals surface area contributed by atoms with Crippen molar-refractivity contribution >= 4 is 0 Å². The average Bonchev–Trinajstić information content (AvgIpc) is 2.44. The van der Waals surface area contributed by atoms with E-state index in [-0.39, 0.29) is 18.0 Å². The third-order valence-electron chi connectivity index (χ3n) is 3.47. The lowest BCUT2D eigenvalue weighted by molar-refractivity contribution is 0.136. The van der Waals surface area contributed by atoms with Gasteiger partial charge in [-0.25, -0.2) is 4.39 Å². The van der Waals surface area contributed by atoms with Crippen LogP contribution >= 0.6 is 0 Å². The van der Waals surface area contributed by atoms with Gasteiger partial charge in [-0.3, -0.25) is 0 Å². The molecule has 0 bridgehead atoms. The quantitative estimate of drug-likeness (QED) is 0.721. The number of rotatable bonds is 9. The number of benzene rings is 1. The van der Waals surface area contributed by atoms with Crippen LogP contribution < -0.4 is 10.1 Å². The van der Waals surface area contributed by atoms with E-state index in [1.54, 1.807) is 12.1 Å². The van der Waals surface area contributed by atoms with Crippen molar-refractivity contribution in [3.63, 3.8) is 0 Å². The average molecular weight is 281 g/mol. The second-order valence-electron chi connectivity index (χ2n) is 5.35. The van der Waals surface area contributed by atoms with Crippen LogP contribution in [0.2, 0.25) is 0 Å². The van der Waals surface area contributed by atoms with Crippen LogP contribution in [-0.4, -0.2) is 18.7 Å². The third kappa shape index (κ3) is 5.12. The topological polar surface area (TPSA) is 21.3 Å². The van der Waals surface area contributed by atoms with E-state index in [0.29, 0.717) is 5.75 Å². The van der Waals surface area contributed by atoms with Crippen molar-refractivity contribution < 1.29 is 9.13 Å². The van der Waals surface area contributed by atoms with Crippen LogP contribution in [-0.2, 0) is 0 Å². The number of nitrogens with one attached hydrogen (secondary N) is 1. The summed E-state index contributed by atoms with van der Waals surface area (Å²) in [7, 11) is 0. The summed E-state index contributed by atoms with van der Waals surface area (Å²) in [6.45, 7) is 9.33. The summed E-state index contributed by atoms with van der Waals surface area (Å²) in [5.74, 6) is 0.0936. The fourth-order valence-electron chi connectivity index (χ4n) is 2.37. The first-order valence-corrected chi connectivity index (χ1v) is 7.78. The van der Waals surface area contributed by atoms with E-state index in [9.17, 15) is 4.39 Å². The molecule has 1 aromatic rings. The lowest BCUT2D eigenvalue weighted by Gasteiger charge is -2.28. The SMILES string of the molecule is CCCNC(CCC)C(CC)Oc1cc(C)ccc1F. The molecule has 114 valence electrons. The molecule has 0 saturated carbocycles. The number of hydrogen-bond donors (Lipinski definition) is 1. The molecule has 0 aliphatic carbocycles. The van der Waals surface area contributed by atoms with Gasteiger partial charge < -0.3 is 10.1 Å². The summed E-state index contributed by atoms with van der Waals surface area (Å²) in [5, 5.41) is 3.53. The van der Waals surface area contributed by atoms with Gasteiger partial charge in [-0.05, 0) is 50.4 Å². The minimum atomic E-state index is -0.278. The van der Waals surface area contributed by atoms with Gasteiger partial charge in [0.1, 0.15) is 6.10 Å². The molecule has 2 nitrogen and oxygen atoms in total. The van der Waals surface area contributed by atoms with Crippen molar-refractivity contribution in [1.29, 1.82) is 0 Å². The van der Waals surface area contributed by atoms with Crippen LogP contribution in [0.5, 0.6) is 5.75 Å². The van der Waals surface area contributed by atoms with E-state index in [1.807, 2.05) is 6.92 Å². The molecule has 0 radical (unpaired) electrons. The Labute approximate surface area is 122 Å². The van der Waals surface area contributed by atoms with Crippen molar-refractivity contribution in [3.8, 4) is 5.75 Å². The van der Waals surface area contributed by atoms with Gasteiger partial charge in [-0.2, -0.15) is 0 Å². The van der Waals surface area contributed by atoms with Crippen molar-refractivity contribution in [3.05, 3.63) is 29.6 Å². The Morgan fingerprint density at radius 1 is 1.20 bits per heavy atom. The van der Waals surface area contributed by atoms with Crippen LogP contribution in [0.15, 0.2) is 18.2 Å². The molecule has 1 N–H and O–H groups in total. The number of aryl methyl sites for hydroxylation is 1. The highest BCUT2D eigenvalue weighted by molar-refractivity contribution is 5.29. The first kappa shape index (κ1) is 17.0. The largest absolute Gasteiger partial charge is 0.486 e. The van der Waals surface area contributed by atoms with Gasteiger partial charge in [0.15, 0.2) is 11.6 Å². The lowest BCUT2D eigenvalue weighted by Crippen LogP contribution is -2.43. The van der Waals surface area contributed by atoms with Crippen molar-refractivity contribution in [2.75, 3.05) is 6.54 Å². The second kappa shape index (κ2) is 8.96. The van der Waals surface area contributed by atoms with E-state index in [0.717, 1.165) is 37.8 Å². The first-order chi connectivity index (χ1) is 9.62. The van der Waals surface area contributed by atoms with E-state index in [2.05, 4.69) is 26.1 Å². The molecule has 1 rings (SSSR count). The molecule has 0 heterocycles. The zero-order chi connectivity index (χ0) is 15.0. The minimum Gasteiger partial charge on any atom is -0.486 e. The first-order valence-electron chi connectivity index (χ1n) is 7.78. The smallest absolute Gasteiger partial charge is 0.165 e. The van der Waals surface area contributed by atoms with Crippen molar-refractivity contribution in [2.24, 2.45) is 0 Å². The Morgan fingerprint density at radius 2 is 1.95 bits per heavy atom. The molecular weight excluding hydrogens is 253 g/mol. The molecule has 0 amide bonds. The fraction of sp³-hybridized carbons (Fsp3) is 0.647. The number of ether oxygens (including phenoxy) is 1. The third-order valence-corrected chi connectivity index (χ3v) is 3.47. The number of halogens is 1. The molecule has 1 aromatic carbocycles. The minimum absolute atomic E-state index is 0.0119. The van der Waals surface area contributed by atoms with Crippen LogP contribution in [0.1, 0.15) is 52.0 Å². The van der Waals surface area contributed by atoms with Gasteiger partial charge in [-0.1, -0.05) is 33.3 Å². The number of hydrogen-bond acceptors (Lipinski definition) is 2. The zero-order valence-corrected chi connectivity index (χ0v) is 13.2. The normalized spacial score (nSPS) is 14.1. The van der Waals surface area contributed by atoms with Gasteiger partial charge in [0.05, 0.1) is 0 Å². The van der Waals surface area contributed by atoms with Gasteiger partial charge in [0.25, 0.3) is 0 Å². The van der Waals surface area contributed by atoms with Crippen LogP contribution in [0.4, 0.5) is 4.39 Å².